The lowest BCUT2D eigenvalue weighted by atomic mass is 9.93. The summed E-state index contributed by atoms with van der Waals surface area (Å²) in [7, 11) is 2.19. The zero-order valence-electron chi connectivity index (χ0n) is 14.7. The van der Waals surface area contributed by atoms with E-state index in [2.05, 4.69) is 41.5 Å². The first-order chi connectivity index (χ1) is 12.2. The second-order valence-corrected chi connectivity index (χ2v) is 7.09. The second kappa shape index (κ2) is 6.89. The van der Waals surface area contributed by atoms with Crippen LogP contribution in [-0.2, 0) is 0 Å². The molecule has 0 saturated carbocycles. The lowest BCUT2D eigenvalue weighted by molar-refractivity contribution is 0.183. The third-order valence-corrected chi connectivity index (χ3v) is 5.56. The monoisotopic (exact) mass is 335 g/mol. The summed E-state index contributed by atoms with van der Waals surface area (Å²) in [6, 6.07) is 19.1. The number of likely N-dealkylation sites (tertiary alicyclic amines) is 1. The first-order valence-corrected chi connectivity index (χ1v) is 9.16. The van der Waals surface area contributed by atoms with Crippen molar-refractivity contribution in [1.29, 1.82) is 0 Å². The molecule has 25 heavy (non-hydrogen) atoms. The molecule has 0 aliphatic carbocycles. The summed E-state index contributed by atoms with van der Waals surface area (Å²) < 4.78 is 0. The number of benzene rings is 2. The molecule has 2 amide bonds. The third-order valence-electron chi connectivity index (χ3n) is 5.56. The van der Waals surface area contributed by atoms with E-state index in [-0.39, 0.29) is 12.1 Å². The number of amides is 2. The van der Waals surface area contributed by atoms with Gasteiger partial charge in [-0.2, -0.15) is 0 Å². The molecule has 0 bridgehead atoms. The van der Waals surface area contributed by atoms with Crippen molar-refractivity contribution in [3.05, 3.63) is 65.7 Å². The minimum Gasteiger partial charge on any atom is -0.313 e. The van der Waals surface area contributed by atoms with Crippen LogP contribution in [-0.4, -0.2) is 42.0 Å². The van der Waals surface area contributed by atoms with Crippen LogP contribution in [0.5, 0.6) is 0 Å². The maximum atomic E-state index is 12.8. The lowest BCUT2D eigenvalue weighted by Gasteiger charge is -2.38. The SMILES string of the molecule is CN1CCCC1CCN1C(=O)Nc2ccccc2C1c1ccccc1. The Balaban J connectivity index is 1.65. The number of hydrogen-bond acceptors (Lipinski definition) is 2. The number of carbonyl (C=O) groups excluding carboxylic acids is 1. The molecule has 130 valence electrons. The van der Waals surface area contributed by atoms with Gasteiger partial charge in [-0.1, -0.05) is 48.5 Å². The van der Waals surface area contributed by atoms with Gasteiger partial charge in [0.2, 0.25) is 0 Å². The van der Waals surface area contributed by atoms with Crippen molar-refractivity contribution in [3.8, 4) is 0 Å². The number of nitrogens with one attached hydrogen (secondary N) is 1. The molecule has 4 heteroatoms. The largest absolute Gasteiger partial charge is 0.322 e. The zero-order chi connectivity index (χ0) is 17.2. The molecule has 2 heterocycles. The minimum absolute atomic E-state index is 0.00760. The number of urea groups is 1. The highest BCUT2D eigenvalue weighted by Crippen LogP contribution is 2.37. The number of hydrogen-bond donors (Lipinski definition) is 1. The maximum absolute atomic E-state index is 12.8. The van der Waals surface area contributed by atoms with Crippen LogP contribution >= 0.6 is 0 Å². The third kappa shape index (κ3) is 3.14. The molecule has 0 aromatic heterocycles. The van der Waals surface area contributed by atoms with Gasteiger partial charge in [0.05, 0.1) is 6.04 Å². The van der Waals surface area contributed by atoms with Gasteiger partial charge in [-0.05, 0) is 44.5 Å². The summed E-state index contributed by atoms with van der Waals surface area (Å²) in [5.41, 5.74) is 3.27. The van der Waals surface area contributed by atoms with Gasteiger partial charge < -0.3 is 15.1 Å². The molecule has 4 nitrogen and oxygen atoms in total. The smallest absolute Gasteiger partial charge is 0.313 e. The van der Waals surface area contributed by atoms with Crippen LogP contribution < -0.4 is 5.32 Å². The summed E-state index contributed by atoms with van der Waals surface area (Å²) in [5.74, 6) is 0. The van der Waals surface area contributed by atoms with Gasteiger partial charge >= 0.3 is 6.03 Å². The van der Waals surface area contributed by atoms with Gasteiger partial charge in [0.1, 0.15) is 0 Å². The molecule has 2 aromatic carbocycles. The highest BCUT2D eigenvalue weighted by molar-refractivity contribution is 5.93. The molecular formula is C21H25N3O. The average Bonchev–Trinajstić information content (AvgIpc) is 3.05. The zero-order valence-corrected chi connectivity index (χ0v) is 14.7. The summed E-state index contributed by atoms with van der Waals surface area (Å²) in [5, 5.41) is 3.07. The van der Waals surface area contributed by atoms with Crippen molar-refractivity contribution in [2.45, 2.75) is 31.3 Å². The molecule has 1 saturated heterocycles. The standard InChI is InChI=1S/C21H25N3O/c1-23-14-7-10-17(23)13-15-24-20(16-8-3-2-4-9-16)18-11-5-6-12-19(18)22-21(24)25/h2-6,8-9,11-12,17,20H,7,10,13-15H2,1H3,(H,22,25). The number of rotatable bonds is 4. The van der Waals surface area contributed by atoms with E-state index in [0.717, 1.165) is 18.7 Å². The summed E-state index contributed by atoms with van der Waals surface area (Å²) in [6.07, 6.45) is 3.52. The van der Waals surface area contributed by atoms with Crippen molar-refractivity contribution in [2.24, 2.45) is 0 Å². The van der Waals surface area contributed by atoms with Crippen LogP contribution in [0, 0.1) is 0 Å². The van der Waals surface area contributed by atoms with Crippen molar-refractivity contribution >= 4 is 11.7 Å². The van der Waals surface area contributed by atoms with Gasteiger partial charge in [0.15, 0.2) is 0 Å². The van der Waals surface area contributed by atoms with Gasteiger partial charge in [-0.25, -0.2) is 4.79 Å². The van der Waals surface area contributed by atoms with Crippen molar-refractivity contribution in [3.63, 3.8) is 0 Å². The quantitative estimate of drug-likeness (QED) is 0.913. The van der Waals surface area contributed by atoms with E-state index in [4.69, 9.17) is 0 Å². The van der Waals surface area contributed by atoms with Crippen molar-refractivity contribution < 1.29 is 4.79 Å². The predicted octanol–water partition coefficient (Wildman–Crippen LogP) is 4.11. The molecule has 1 fully saturated rings. The molecular weight excluding hydrogens is 310 g/mol. The predicted molar refractivity (Wildman–Crippen MR) is 101 cm³/mol. The first-order valence-electron chi connectivity index (χ1n) is 9.16. The second-order valence-electron chi connectivity index (χ2n) is 7.09. The maximum Gasteiger partial charge on any atom is 0.322 e. The fourth-order valence-electron chi connectivity index (χ4n) is 4.18. The first kappa shape index (κ1) is 16.2. The number of carbonyl (C=O) groups is 1. The van der Waals surface area contributed by atoms with Crippen LogP contribution in [0.15, 0.2) is 54.6 Å². The fraction of sp³-hybridized carbons (Fsp3) is 0.381. The Bertz CT molecular complexity index is 746. The number of fused-ring (bicyclic) bond motifs is 1. The van der Waals surface area contributed by atoms with Crippen LogP contribution in [0.1, 0.15) is 36.4 Å². The average molecular weight is 335 g/mol. The normalized spacial score (nSPS) is 23.4. The summed E-state index contributed by atoms with van der Waals surface area (Å²) in [6.45, 7) is 1.94. The van der Waals surface area contributed by atoms with Crippen molar-refractivity contribution in [1.82, 2.24) is 9.80 Å². The Morgan fingerprint density at radius 3 is 2.60 bits per heavy atom. The molecule has 4 rings (SSSR count). The molecule has 2 unspecified atom stereocenters. The van der Waals surface area contributed by atoms with Gasteiger partial charge in [0.25, 0.3) is 0 Å². The van der Waals surface area contributed by atoms with E-state index in [1.54, 1.807) is 0 Å². The highest BCUT2D eigenvalue weighted by atomic mass is 16.2. The van der Waals surface area contributed by atoms with E-state index in [0.29, 0.717) is 6.04 Å². The van der Waals surface area contributed by atoms with Crippen molar-refractivity contribution in [2.75, 3.05) is 25.5 Å². The topological polar surface area (TPSA) is 35.6 Å². The molecule has 2 aromatic rings. The summed E-state index contributed by atoms with van der Waals surface area (Å²) in [4.78, 5) is 17.3. The Hall–Kier alpha value is -2.33. The lowest BCUT2D eigenvalue weighted by Crippen LogP contribution is -2.44. The van der Waals surface area contributed by atoms with E-state index in [1.807, 2.05) is 35.2 Å². The number of para-hydroxylation sites is 1. The van der Waals surface area contributed by atoms with Crippen LogP contribution in [0.3, 0.4) is 0 Å². The molecule has 2 atom stereocenters. The van der Waals surface area contributed by atoms with Crippen LogP contribution in [0.4, 0.5) is 10.5 Å². The molecule has 1 N–H and O–H groups in total. The van der Waals surface area contributed by atoms with Crippen LogP contribution in [0.2, 0.25) is 0 Å². The Kier molecular flexibility index (Phi) is 4.45. The minimum atomic E-state index is -0.0159. The molecule has 2 aliphatic rings. The van der Waals surface area contributed by atoms with E-state index >= 15 is 0 Å². The molecule has 0 spiro atoms. The molecule has 0 radical (unpaired) electrons. The van der Waals surface area contributed by atoms with E-state index < -0.39 is 0 Å². The van der Waals surface area contributed by atoms with Gasteiger partial charge in [-0.3, -0.25) is 0 Å². The fourth-order valence-corrected chi connectivity index (χ4v) is 4.18. The summed E-state index contributed by atoms with van der Waals surface area (Å²) >= 11 is 0. The highest BCUT2D eigenvalue weighted by Gasteiger charge is 2.34. The Morgan fingerprint density at radius 2 is 1.84 bits per heavy atom. The number of nitrogens with zero attached hydrogens (tertiary/aromatic N) is 2. The van der Waals surface area contributed by atoms with E-state index in [9.17, 15) is 4.79 Å². The number of anilines is 1. The molecule has 2 aliphatic heterocycles. The van der Waals surface area contributed by atoms with E-state index in [1.165, 1.54) is 30.5 Å². The van der Waals surface area contributed by atoms with Gasteiger partial charge in [0, 0.05) is 23.8 Å². The Labute approximate surface area is 149 Å². The van der Waals surface area contributed by atoms with Gasteiger partial charge in [-0.15, -0.1) is 0 Å². The van der Waals surface area contributed by atoms with Crippen LogP contribution in [0.25, 0.3) is 0 Å². The Morgan fingerprint density at radius 1 is 1.08 bits per heavy atom.